The summed E-state index contributed by atoms with van der Waals surface area (Å²) < 4.78 is 10.6. The first-order valence-electron chi connectivity index (χ1n) is 9.11. The molecule has 0 atom stereocenters. The largest absolute Gasteiger partial charge is 0.494 e. The van der Waals surface area contributed by atoms with Gasteiger partial charge in [0.15, 0.2) is 0 Å². The van der Waals surface area contributed by atoms with E-state index in [1.807, 2.05) is 31.2 Å². The minimum Gasteiger partial charge on any atom is -0.494 e. The van der Waals surface area contributed by atoms with E-state index in [-0.39, 0.29) is 24.6 Å². The number of aromatic nitrogens is 2. The van der Waals surface area contributed by atoms with Crippen molar-refractivity contribution >= 4 is 11.6 Å². The monoisotopic (exact) mass is 396 g/mol. The van der Waals surface area contributed by atoms with Crippen molar-refractivity contribution in [3.63, 3.8) is 0 Å². The summed E-state index contributed by atoms with van der Waals surface area (Å²) in [6.45, 7) is 2.80. The van der Waals surface area contributed by atoms with Crippen molar-refractivity contribution in [3.05, 3.63) is 70.1 Å². The molecule has 0 saturated heterocycles. The van der Waals surface area contributed by atoms with Gasteiger partial charge in [-0.1, -0.05) is 17.3 Å². The van der Waals surface area contributed by atoms with Crippen LogP contribution >= 0.6 is 0 Å². The number of nitro benzene ring substituents is 1. The van der Waals surface area contributed by atoms with Gasteiger partial charge in [-0.25, -0.2) is 0 Å². The molecule has 0 aliphatic heterocycles. The average molecular weight is 396 g/mol. The number of hydrogen-bond donors (Lipinski definition) is 1. The fraction of sp³-hybridized carbons (Fsp3) is 0.250. The fourth-order valence-corrected chi connectivity index (χ4v) is 2.59. The maximum Gasteiger partial charge on any atom is 0.269 e. The highest BCUT2D eigenvalue weighted by atomic mass is 16.6. The summed E-state index contributed by atoms with van der Waals surface area (Å²) in [6, 6.07) is 13.4. The number of amides is 1. The molecule has 1 heterocycles. The molecule has 3 rings (SSSR count). The molecule has 1 N–H and O–H groups in total. The van der Waals surface area contributed by atoms with Gasteiger partial charge in [0.2, 0.25) is 17.6 Å². The highest BCUT2D eigenvalue weighted by Gasteiger charge is 2.11. The fourth-order valence-electron chi connectivity index (χ4n) is 2.59. The summed E-state index contributed by atoms with van der Waals surface area (Å²) in [5.74, 6) is 1.42. The second kappa shape index (κ2) is 9.45. The van der Waals surface area contributed by atoms with Crippen LogP contribution in [0.2, 0.25) is 0 Å². The Morgan fingerprint density at radius 2 is 1.90 bits per heavy atom. The molecule has 29 heavy (non-hydrogen) atoms. The number of rotatable bonds is 9. The predicted octanol–water partition coefficient (Wildman–Crippen LogP) is 3.29. The van der Waals surface area contributed by atoms with Gasteiger partial charge in [-0.3, -0.25) is 14.9 Å². The van der Waals surface area contributed by atoms with Crippen molar-refractivity contribution < 1.29 is 19.0 Å². The predicted molar refractivity (Wildman–Crippen MR) is 104 cm³/mol. The third-order valence-electron chi connectivity index (χ3n) is 4.09. The van der Waals surface area contributed by atoms with E-state index in [1.54, 1.807) is 12.1 Å². The SMILES string of the molecule is CCOc1ccc(-c2noc(CCC(=O)NCc3ccc([N+](=O)[O-])cc3)n2)cc1. The normalized spacial score (nSPS) is 10.5. The van der Waals surface area contributed by atoms with Crippen LogP contribution in [0, 0.1) is 10.1 Å². The van der Waals surface area contributed by atoms with Crippen LogP contribution in [-0.4, -0.2) is 27.6 Å². The van der Waals surface area contributed by atoms with Gasteiger partial charge in [0.25, 0.3) is 5.69 Å². The number of nitro groups is 1. The molecule has 0 fully saturated rings. The third-order valence-corrected chi connectivity index (χ3v) is 4.09. The second-order valence-electron chi connectivity index (χ2n) is 6.17. The van der Waals surface area contributed by atoms with Crippen molar-refractivity contribution in [1.29, 1.82) is 0 Å². The number of non-ortho nitro benzene ring substituents is 1. The van der Waals surface area contributed by atoms with E-state index in [0.29, 0.717) is 24.7 Å². The van der Waals surface area contributed by atoms with Crippen molar-refractivity contribution in [2.75, 3.05) is 6.61 Å². The number of ether oxygens (including phenoxy) is 1. The van der Waals surface area contributed by atoms with Gasteiger partial charge in [-0.15, -0.1) is 0 Å². The Kier molecular flexibility index (Phi) is 6.51. The van der Waals surface area contributed by atoms with Gasteiger partial charge >= 0.3 is 0 Å². The molecule has 0 spiro atoms. The Balaban J connectivity index is 1.47. The summed E-state index contributed by atoms with van der Waals surface area (Å²) in [4.78, 5) is 26.5. The van der Waals surface area contributed by atoms with Crippen LogP contribution in [0.3, 0.4) is 0 Å². The molecule has 0 radical (unpaired) electrons. The molecule has 9 heteroatoms. The van der Waals surface area contributed by atoms with Crippen LogP contribution in [0.1, 0.15) is 24.8 Å². The smallest absolute Gasteiger partial charge is 0.269 e. The summed E-state index contributed by atoms with van der Waals surface area (Å²) in [5, 5.41) is 17.3. The van der Waals surface area contributed by atoms with Crippen molar-refractivity contribution in [2.24, 2.45) is 0 Å². The minimum absolute atomic E-state index is 0.0137. The minimum atomic E-state index is -0.464. The van der Waals surface area contributed by atoms with E-state index in [1.165, 1.54) is 12.1 Å². The molecule has 1 amide bonds. The number of aryl methyl sites for hydroxylation is 1. The molecular weight excluding hydrogens is 376 g/mol. The average Bonchev–Trinajstić information content (AvgIpc) is 3.21. The van der Waals surface area contributed by atoms with Crippen LogP contribution in [0.25, 0.3) is 11.4 Å². The summed E-state index contributed by atoms with van der Waals surface area (Å²) in [6.07, 6.45) is 0.508. The van der Waals surface area contributed by atoms with Gasteiger partial charge in [-0.05, 0) is 36.8 Å². The lowest BCUT2D eigenvalue weighted by molar-refractivity contribution is -0.384. The quantitative estimate of drug-likeness (QED) is 0.435. The zero-order chi connectivity index (χ0) is 20.6. The molecule has 1 aromatic heterocycles. The number of carbonyl (C=O) groups excluding carboxylic acids is 1. The molecule has 0 bridgehead atoms. The lowest BCUT2D eigenvalue weighted by atomic mass is 10.2. The lowest BCUT2D eigenvalue weighted by Crippen LogP contribution is -2.23. The van der Waals surface area contributed by atoms with Crippen LogP contribution in [-0.2, 0) is 17.8 Å². The van der Waals surface area contributed by atoms with Gasteiger partial charge in [0, 0.05) is 37.1 Å². The topological polar surface area (TPSA) is 120 Å². The van der Waals surface area contributed by atoms with Crippen LogP contribution in [0.4, 0.5) is 5.69 Å². The van der Waals surface area contributed by atoms with Crippen molar-refractivity contribution in [2.45, 2.75) is 26.3 Å². The summed E-state index contributed by atoms with van der Waals surface area (Å²) >= 11 is 0. The Labute approximate surface area is 166 Å². The molecule has 0 aliphatic rings. The number of nitrogens with one attached hydrogen (secondary N) is 1. The van der Waals surface area contributed by atoms with Crippen LogP contribution < -0.4 is 10.1 Å². The Bertz CT molecular complexity index is 967. The number of nitrogens with zero attached hydrogens (tertiary/aromatic N) is 3. The number of hydrogen-bond acceptors (Lipinski definition) is 7. The Morgan fingerprint density at radius 3 is 2.55 bits per heavy atom. The van der Waals surface area contributed by atoms with E-state index >= 15 is 0 Å². The first-order valence-corrected chi connectivity index (χ1v) is 9.11. The van der Waals surface area contributed by atoms with E-state index in [0.717, 1.165) is 16.9 Å². The van der Waals surface area contributed by atoms with Gasteiger partial charge in [0.1, 0.15) is 5.75 Å². The van der Waals surface area contributed by atoms with Gasteiger partial charge < -0.3 is 14.6 Å². The molecule has 150 valence electrons. The van der Waals surface area contributed by atoms with E-state index in [2.05, 4.69) is 15.5 Å². The van der Waals surface area contributed by atoms with Crippen molar-refractivity contribution in [1.82, 2.24) is 15.5 Å². The number of benzene rings is 2. The van der Waals surface area contributed by atoms with Gasteiger partial charge in [0.05, 0.1) is 11.5 Å². The Hall–Kier alpha value is -3.75. The summed E-state index contributed by atoms with van der Waals surface area (Å²) in [7, 11) is 0. The molecule has 0 unspecified atom stereocenters. The number of carbonyl (C=O) groups is 1. The molecule has 9 nitrogen and oxygen atoms in total. The maximum absolute atomic E-state index is 12.0. The van der Waals surface area contributed by atoms with Crippen LogP contribution in [0.15, 0.2) is 53.1 Å². The first kappa shape index (κ1) is 20.0. The standard InChI is InChI=1S/C20H20N4O5/c1-2-28-17-9-5-15(6-10-17)20-22-19(29-23-20)12-11-18(25)21-13-14-3-7-16(8-4-14)24(26)27/h3-10H,2,11-13H2,1H3,(H,21,25). The molecule has 0 aliphatic carbocycles. The maximum atomic E-state index is 12.0. The van der Waals surface area contributed by atoms with Crippen molar-refractivity contribution in [3.8, 4) is 17.1 Å². The molecule has 2 aromatic carbocycles. The third kappa shape index (κ3) is 5.61. The highest BCUT2D eigenvalue weighted by Crippen LogP contribution is 2.20. The zero-order valence-electron chi connectivity index (χ0n) is 15.8. The first-order chi connectivity index (χ1) is 14.0. The summed E-state index contributed by atoms with van der Waals surface area (Å²) in [5.41, 5.74) is 1.59. The molecular formula is C20H20N4O5. The van der Waals surface area contributed by atoms with E-state index in [9.17, 15) is 14.9 Å². The second-order valence-corrected chi connectivity index (χ2v) is 6.17. The Morgan fingerprint density at radius 1 is 1.17 bits per heavy atom. The van der Waals surface area contributed by atoms with Gasteiger partial charge in [-0.2, -0.15) is 4.98 Å². The van der Waals surface area contributed by atoms with Crippen LogP contribution in [0.5, 0.6) is 5.75 Å². The van der Waals surface area contributed by atoms with E-state index in [4.69, 9.17) is 9.26 Å². The van der Waals surface area contributed by atoms with E-state index < -0.39 is 4.92 Å². The molecule has 3 aromatic rings. The lowest BCUT2D eigenvalue weighted by Gasteiger charge is -2.04. The zero-order valence-corrected chi connectivity index (χ0v) is 15.8. The molecule has 0 saturated carbocycles. The highest BCUT2D eigenvalue weighted by molar-refractivity contribution is 5.76.